The van der Waals surface area contributed by atoms with Gasteiger partial charge in [0.05, 0.1) is 12.6 Å². The van der Waals surface area contributed by atoms with Crippen molar-refractivity contribution < 1.29 is 9.21 Å². The molecular weight excluding hydrogens is 216 g/mol. The van der Waals surface area contributed by atoms with Gasteiger partial charge in [0.2, 0.25) is 5.91 Å². The van der Waals surface area contributed by atoms with Crippen LogP contribution in [0.3, 0.4) is 0 Å². The van der Waals surface area contributed by atoms with E-state index in [0.29, 0.717) is 12.6 Å². The number of nitrogens with one attached hydrogen (secondary N) is 1. The lowest BCUT2D eigenvalue weighted by atomic mass is 10.2. The Balaban J connectivity index is 1.79. The minimum Gasteiger partial charge on any atom is -0.465 e. The third-order valence-electron chi connectivity index (χ3n) is 3.24. The highest BCUT2D eigenvalue weighted by atomic mass is 16.3. The highest BCUT2D eigenvalue weighted by Crippen LogP contribution is 2.25. The number of hydrogen-bond acceptors (Lipinski definition) is 3. The minimum absolute atomic E-state index is 0.0697. The maximum atomic E-state index is 11.8. The van der Waals surface area contributed by atoms with E-state index in [4.69, 9.17) is 4.42 Å². The van der Waals surface area contributed by atoms with Crippen molar-refractivity contribution in [3.8, 4) is 0 Å². The quantitative estimate of drug-likeness (QED) is 0.848. The summed E-state index contributed by atoms with van der Waals surface area (Å²) in [6.45, 7) is 4.29. The molecule has 0 aromatic carbocycles. The van der Waals surface area contributed by atoms with Gasteiger partial charge in [-0.25, -0.2) is 0 Å². The summed E-state index contributed by atoms with van der Waals surface area (Å²) in [7, 11) is 1.88. The van der Waals surface area contributed by atoms with Crippen LogP contribution < -0.4 is 5.32 Å². The first-order valence-electron chi connectivity index (χ1n) is 6.13. The van der Waals surface area contributed by atoms with E-state index in [-0.39, 0.29) is 11.9 Å². The molecule has 0 spiro atoms. The summed E-state index contributed by atoms with van der Waals surface area (Å²) in [5, 5.41) is 3.19. The molecule has 4 heteroatoms. The number of carbonyl (C=O) groups is 1. The second kappa shape index (κ2) is 4.92. The first-order valence-corrected chi connectivity index (χ1v) is 6.13. The second-order valence-corrected chi connectivity index (χ2v) is 4.79. The van der Waals surface area contributed by atoms with Gasteiger partial charge in [-0.1, -0.05) is 0 Å². The predicted molar refractivity (Wildman–Crippen MR) is 65.7 cm³/mol. The molecule has 1 atom stereocenters. The Bertz CT molecular complexity index is 396. The van der Waals surface area contributed by atoms with Crippen molar-refractivity contribution in [1.82, 2.24) is 10.2 Å². The van der Waals surface area contributed by atoms with E-state index in [0.717, 1.165) is 24.4 Å². The molecule has 1 aromatic rings. The average molecular weight is 236 g/mol. The van der Waals surface area contributed by atoms with E-state index in [2.05, 4.69) is 5.32 Å². The van der Waals surface area contributed by atoms with Crippen molar-refractivity contribution in [3.63, 3.8) is 0 Å². The van der Waals surface area contributed by atoms with E-state index < -0.39 is 0 Å². The van der Waals surface area contributed by atoms with Crippen LogP contribution in [0.25, 0.3) is 0 Å². The van der Waals surface area contributed by atoms with E-state index in [1.54, 1.807) is 0 Å². The number of nitrogens with zero attached hydrogens (tertiary/aromatic N) is 1. The van der Waals surface area contributed by atoms with Gasteiger partial charge in [0.1, 0.15) is 11.5 Å². The Morgan fingerprint density at radius 1 is 1.59 bits per heavy atom. The van der Waals surface area contributed by atoms with Gasteiger partial charge in [-0.2, -0.15) is 0 Å². The fraction of sp³-hybridized carbons (Fsp3) is 0.615. The van der Waals surface area contributed by atoms with Crippen molar-refractivity contribution in [1.29, 1.82) is 0 Å². The third kappa shape index (κ3) is 3.09. The molecule has 0 saturated heterocycles. The largest absolute Gasteiger partial charge is 0.465 e. The molecule has 1 heterocycles. The SMILES string of the molecule is Cc1ccc(C(C)NCC(=O)N(C)C2CC2)o1. The number of likely N-dealkylation sites (N-methyl/N-ethyl adjacent to an activating group) is 1. The molecule has 1 aliphatic rings. The Labute approximate surface area is 102 Å². The highest BCUT2D eigenvalue weighted by Gasteiger charge is 2.29. The Kier molecular flexibility index (Phi) is 3.52. The lowest BCUT2D eigenvalue weighted by Gasteiger charge is -2.18. The number of aryl methyl sites for hydroxylation is 1. The van der Waals surface area contributed by atoms with Crippen molar-refractivity contribution in [2.45, 2.75) is 38.8 Å². The van der Waals surface area contributed by atoms with E-state index in [9.17, 15) is 4.79 Å². The van der Waals surface area contributed by atoms with Crippen molar-refractivity contribution in [2.75, 3.05) is 13.6 Å². The Hall–Kier alpha value is -1.29. The van der Waals surface area contributed by atoms with Crippen LogP contribution in [0.15, 0.2) is 16.5 Å². The molecule has 4 nitrogen and oxygen atoms in total. The van der Waals surface area contributed by atoms with E-state index in [1.165, 1.54) is 0 Å². The standard InChI is InChI=1S/C13H20N2O2/c1-9-4-7-12(17-9)10(2)14-8-13(16)15(3)11-5-6-11/h4,7,10-11,14H,5-6,8H2,1-3H3. The third-order valence-corrected chi connectivity index (χ3v) is 3.24. The van der Waals surface area contributed by atoms with Crippen molar-refractivity contribution in [3.05, 3.63) is 23.7 Å². The molecule has 1 aromatic heterocycles. The molecule has 0 bridgehead atoms. The molecule has 1 fully saturated rings. The molecule has 1 amide bonds. The number of furan rings is 1. The molecule has 94 valence electrons. The van der Waals surface area contributed by atoms with Crippen LogP contribution in [0.5, 0.6) is 0 Å². The molecule has 1 unspecified atom stereocenters. The molecule has 17 heavy (non-hydrogen) atoms. The van der Waals surface area contributed by atoms with Crippen LogP contribution in [0.4, 0.5) is 0 Å². The minimum atomic E-state index is 0.0697. The molecule has 1 aliphatic carbocycles. The van der Waals surface area contributed by atoms with E-state index in [1.807, 2.05) is 37.9 Å². The first-order chi connectivity index (χ1) is 8.08. The maximum Gasteiger partial charge on any atom is 0.236 e. The van der Waals surface area contributed by atoms with Crippen molar-refractivity contribution >= 4 is 5.91 Å². The summed E-state index contributed by atoms with van der Waals surface area (Å²) in [4.78, 5) is 13.6. The van der Waals surface area contributed by atoms with Crippen LogP contribution in [0.1, 0.15) is 37.3 Å². The highest BCUT2D eigenvalue weighted by molar-refractivity contribution is 5.78. The summed E-state index contributed by atoms with van der Waals surface area (Å²) in [5.74, 6) is 1.93. The van der Waals surface area contributed by atoms with Gasteiger partial charge in [-0.15, -0.1) is 0 Å². The lowest BCUT2D eigenvalue weighted by Crippen LogP contribution is -2.37. The van der Waals surface area contributed by atoms with Crippen molar-refractivity contribution in [2.24, 2.45) is 0 Å². The zero-order chi connectivity index (χ0) is 12.4. The summed E-state index contributed by atoms with van der Waals surface area (Å²) >= 11 is 0. The molecule has 2 rings (SSSR count). The number of hydrogen-bond donors (Lipinski definition) is 1. The molecule has 0 aliphatic heterocycles. The zero-order valence-corrected chi connectivity index (χ0v) is 10.7. The smallest absolute Gasteiger partial charge is 0.236 e. The maximum absolute atomic E-state index is 11.8. The van der Waals surface area contributed by atoms with Crippen LogP contribution >= 0.6 is 0 Å². The predicted octanol–water partition coefficient (Wildman–Crippen LogP) is 1.86. The summed E-state index contributed by atoms with van der Waals surface area (Å²) in [6.07, 6.45) is 2.30. The average Bonchev–Trinajstić information content (AvgIpc) is 3.07. The van der Waals surface area contributed by atoms with Gasteiger partial charge in [-0.3, -0.25) is 10.1 Å². The number of rotatable bonds is 5. The lowest BCUT2D eigenvalue weighted by molar-refractivity contribution is -0.129. The van der Waals surface area contributed by atoms with Crippen LogP contribution in [-0.4, -0.2) is 30.4 Å². The van der Waals surface area contributed by atoms with Crippen LogP contribution in [0.2, 0.25) is 0 Å². The summed E-state index contributed by atoms with van der Waals surface area (Å²) in [5.41, 5.74) is 0. The van der Waals surface area contributed by atoms with Gasteiger partial charge in [-0.05, 0) is 38.8 Å². The molecule has 1 saturated carbocycles. The van der Waals surface area contributed by atoms with Crippen LogP contribution in [-0.2, 0) is 4.79 Å². The van der Waals surface area contributed by atoms with Crippen LogP contribution in [0, 0.1) is 6.92 Å². The first kappa shape index (κ1) is 12.2. The monoisotopic (exact) mass is 236 g/mol. The Morgan fingerprint density at radius 2 is 2.29 bits per heavy atom. The van der Waals surface area contributed by atoms with E-state index >= 15 is 0 Å². The molecular formula is C13H20N2O2. The molecule has 0 radical (unpaired) electrons. The summed E-state index contributed by atoms with van der Waals surface area (Å²) in [6, 6.07) is 4.43. The normalized spacial score (nSPS) is 16.9. The van der Waals surface area contributed by atoms with Gasteiger partial charge in [0.15, 0.2) is 0 Å². The van der Waals surface area contributed by atoms with Gasteiger partial charge in [0.25, 0.3) is 0 Å². The number of carbonyl (C=O) groups excluding carboxylic acids is 1. The molecule has 1 N–H and O–H groups in total. The summed E-state index contributed by atoms with van der Waals surface area (Å²) < 4.78 is 5.51. The Morgan fingerprint density at radius 3 is 2.82 bits per heavy atom. The topological polar surface area (TPSA) is 45.5 Å². The van der Waals surface area contributed by atoms with Gasteiger partial charge in [0, 0.05) is 13.1 Å². The second-order valence-electron chi connectivity index (χ2n) is 4.79. The zero-order valence-electron chi connectivity index (χ0n) is 10.7. The fourth-order valence-corrected chi connectivity index (χ4v) is 1.82. The van der Waals surface area contributed by atoms with Gasteiger partial charge >= 0.3 is 0 Å². The van der Waals surface area contributed by atoms with Gasteiger partial charge < -0.3 is 9.32 Å². The fourth-order valence-electron chi connectivity index (χ4n) is 1.82. The number of amides is 1.